The smallest absolute Gasteiger partial charge is 0.306 e. The lowest BCUT2D eigenvalue weighted by Gasteiger charge is -2.18. The number of esters is 3. The van der Waals surface area contributed by atoms with Gasteiger partial charge in [0.2, 0.25) is 0 Å². The van der Waals surface area contributed by atoms with Crippen LogP contribution in [0.25, 0.3) is 0 Å². The second kappa shape index (κ2) is 41.6. The molecule has 1 unspecified atom stereocenters. The summed E-state index contributed by atoms with van der Waals surface area (Å²) < 4.78 is 16.5. The fourth-order valence-electron chi connectivity index (χ4n) is 5.44. The number of unbranched alkanes of at least 4 members (excludes halogenated alkanes) is 14. The van der Waals surface area contributed by atoms with Gasteiger partial charge in [-0.05, 0) is 96.3 Å². The van der Waals surface area contributed by atoms with Crippen LogP contribution in [-0.4, -0.2) is 37.2 Å². The van der Waals surface area contributed by atoms with Crippen LogP contribution in [0.15, 0.2) is 72.9 Å². The van der Waals surface area contributed by atoms with E-state index in [0.29, 0.717) is 25.7 Å². The van der Waals surface area contributed by atoms with E-state index in [4.69, 9.17) is 14.2 Å². The minimum absolute atomic E-state index is 0.121. The third kappa shape index (κ3) is 39.9. The number of rotatable bonds is 37. The molecule has 0 heterocycles. The zero-order chi connectivity index (χ0) is 38.7. The van der Waals surface area contributed by atoms with Gasteiger partial charge >= 0.3 is 17.9 Å². The number of hydrogen-bond acceptors (Lipinski definition) is 6. The van der Waals surface area contributed by atoms with Crippen molar-refractivity contribution in [3.05, 3.63) is 72.9 Å². The Balaban J connectivity index is 4.46. The van der Waals surface area contributed by atoms with E-state index in [0.717, 1.165) is 57.8 Å². The third-order valence-corrected chi connectivity index (χ3v) is 8.66. The van der Waals surface area contributed by atoms with Gasteiger partial charge in [-0.3, -0.25) is 14.4 Å². The lowest BCUT2D eigenvalue weighted by atomic mass is 10.1. The molecule has 0 fully saturated rings. The summed E-state index contributed by atoms with van der Waals surface area (Å²) in [5.41, 5.74) is 0. The molecule has 0 aliphatic carbocycles. The monoisotopic (exact) mass is 739 g/mol. The van der Waals surface area contributed by atoms with Crippen molar-refractivity contribution in [3.63, 3.8) is 0 Å². The Bertz CT molecular complexity index is 1030. The van der Waals surface area contributed by atoms with E-state index in [-0.39, 0.29) is 44.0 Å². The Kier molecular flexibility index (Phi) is 39.1. The zero-order valence-corrected chi connectivity index (χ0v) is 34.3. The molecule has 6 nitrogen and oxygen atoms in total. The van der Waals surface area contributed by atoms with E-state index in [1.807, 2.05) is 0 Å². The van der Waals surface area contributed by atoms with Crippen LogP contribution < -0.4 is 0 Å². The topological polar surface area (TPSA) is 78.9 Å². The summed E-state index contributed by atoms with van der Waals surface area (Å²) in [5, 5.41) is 0. The molecule has 0 aromatic carbocycles. The molecule has 0 saturated carbocycles. The van der Waals surface area contributed by atoms with Crippen LogP contribution >= 0.6 is 0 Å². The second-order valence-corrected chi connectivity index (χ2v) is 13.9. The first kappa shape index (κ1) is 49.9. The van der Waals surface area contributed by atoms with E-state index in [9.17, 15) is 14.4 Å². The van der Waals surface area contributed by atoms with Crippen LogP contribution in [0.4, 0.5) is 0 Å². The fraction of sp³-hybridized carbons (Fsp3) is 0.681. The Morgan fingerprint density at radius 1 is 0.396 bits per heavy atom. The van der Waals surface area contributed by atoms with Crippen molar-refractivity contribution < 1.29 is 28.6 Å². The molecule has 0 aliphatic heterocycles. The molecule has 1 atom stereocenters. The minimum Gasteiger partial charge on any atom is -0.462 e. The van der Waals surface area contributed by atoms with Gasteiger partial charge in [0.25, 0.3) is 0 Å². The van der Waals surface area contributed by atoms with Crippen LogP contribution in [0.1, 0.15) is 188 Å². The van der Waals surface area contributed by atoms with Gasteiger partial charge in [0.05, 0.1) is 0 Å². The highest BCUT2D eigenvalue weighted by Crippen LogP contribution is 2.10. The quantitative estimate of drug-likeness (QED) is 0.0273. The van der Waals surface area contributed by atoms with Gasteiger partial charge in [-0.2, -0.15) is 0 Å². The Hall–Kier alpha value is -3.15. The summed E-state index contributed by atoms with van der Waals surface area (Å²) in [6.45, 7) is 6.34. The first-order valence-corrected chi connectivity index (χ1v) is 21.4. The van der Waals surface area contributed by atoms with Crippen molar-refractivity contribution in [1.29, 1.82) is 0 Å². The molecular formula is C47H78O6. The van der Waals surface area contributed by atoms with Crippen LogP contribution in [-0.2, 0) is 28.6 Å². The highest BCUT2D eigenvalue weighted by molar-refractivity contribution is 5.71. The molecule has 0 saturated heterocycles. The summed E-state index contributed by atoms with van der Waals surface area (Å²) in [6.07, 6.45) is 50.6. The lowest BCUT2D eigenvalue weighted by molar-refractivity contribution is -0.167. The van der Waals surface area contributed by atoms with Crippen molar-refractivity contribution in [2.24, 2.45) is 0 Å². The molecule has 0 aromatic rings. The van der Waals surface area contributed by atoms with Gasteiger partial charge in [-0.15, -0.1) is 0 Å². The van der Waals surface area contributed by atoms with Crippen LogP contribution in [0, 0.1) is 0 Å². The van der Waals surface area contributed by atoms with E-state index in [1.165, 1.54) is 70.6 Å². The van der Waals surface area contributed by atoms with Crippen molar-refractivity contribution in [3.8, 4) is 0 Å². The molecule has 0 radical (unpaired) electrons. The summed E-state index contributed by atoms with van der Waals surface area (Å²) in [6, 6.07) is 0. The van der Waals surface area contributed by atoms with Gasteiger partial charge in [-0.1, -0.05) is 145 Å². The number of ether oxygens (including phenoxy) is 3. The maximum absolute atomic E-state index is 12.6. The van der Waals surface area contributed by atoms with Gasteiger partial charge in [0.15, 0.2) is 6.10 Å². The summed E-state index contributed by atoms with van der Waals surface area (Å²) in [4.78, 5) is 37.5. The minimum atomic E-state index is -0.819. The summed E-state index contributed by atoms with van der Waals surface area (Å²) in [7, 11) is 0. The largest absolute Gasteiger partial charge is 0.462 e. The summed E-state index contributed by atoms with van der Waals surface area (Å²) >= 11 is 0. The van der Waals surface area contributed by atoms with E-state index in [2.05, 4.69) is 93.7 Å². The lowest BCUT2D eigenvalue weighted by Crippen LogP contribution is -2.30. The molecule has 0 spiro atoms. The zero-order valence-electron chi connectivity index (χ0n) is 34.3. The van der Waals surface area contributed by atoms with Crippen molar-refractivity contribution >= 4 is 17.9 Å². The molecule has 0 amide bonds. The molecule has 0 aliphatic rings. The van der Waals surface area contributed by atoms with Crippen LogP contribution in [0.2, 0.25) is 0 Å². The number of allylic oxidation sites excluding steroid dienone is 12. The molecule has 0 bridgehead atoms. The Labute approximate surface area is 325 Å². The molecular weight excluding hydrogens is 661 g/mol. The van der Waals surface area contributed by atoms with Gasteiger partial charge in [-0.25, -0.2) is 0 Å². The van der Waals surface area contributed by atoms with Crippen molar-refractivity contribution in [2.75, 3.05) is 13.2 Å². The first-order chi connectivity index (χ1) is 26.0. The average molecular weight is 739 g/mol. The maximum Gasteiger partial charge on any atom is 0.306 e. The second-order valence-electron chi connectivity index (χ2n) is 13.9. The normalized spacial score (nSPS) is 12.7. The number of hydrogen-bond donors (Lipinski definition) is 0. The molecule has 0 N–H and O–H groups in total. The van der Waals surface area contributed by atoms with Crippen LogP contribution in [0.5, 0.6) is 0 Å². The average Bonchev–Trinajstić information content (AvgIpc) is 3.15. The first-order valence-electron chi connectivity index (χ1n) is 21.4. The van der Waals surface area contributed by atoms with E-state index < -0.39 is 6.10 Å². The molecule has 0 aromatic heterocycles. The van der Waals surface area contributed by atoms with E-state index >= 15 is 0 Å². The molecule has 53 heavy (non-hydrogen) atoms. The molecule has 0 rings (SSSR count). The Morgan fingerprint density at radius 3 is 1.25 bits per heavy atom. The van der Waals surface area contributed by atoms with Gasteiger partial charge in [0.1, 0.15) is 13.2 Å². The number of carbonyl (C=O) groups excluding carboxylic acids is 3. The Morgan fingerprint density at radius 2 is 0.755 bits per heavy atom. The highest BCUT2D eigenvalue weighted by Gasteiger charge is 2.19. The molecule has 6 heteroatoms. The predicted molar refractivity (Wildman–Crippen MR) is 224 cm³/mol. The standard InChI is InChI=1S/C47H78O6/c1-4-7-10-13-16-19-20-21-22-23-24-25-26-29-31-34-37-40-46(49)52-43-44(53-47(50)41-38-35-32-28-18-15-12-9-6-3)42-51-45(48)39-36-33-30-27-17-14-11-8-5-2/h9,12,18,21-22,24-25,27-31,44H,4-8,10-11,13-17,19-20,23,26,32-43H2,1-3H3/b12-9-,22-21-,25-24-,28-18-,30-27-,31-29-. The van der Waals surface area contributed by atoms with E-state index in [1.54, 1.807) is 0 Å². The number of carbonyl (C=O) groups is 3. The predicted octanol–water partition coefficient (Wildman–Crippen LogP) is 13.5. The summed E-state index contributed by atoms with van der Waals surface area (Å²) in [5.74, 6) is -1.05. The highest BCUT2D eigenvalue weighted by atomic mass is 16.6. The van der Waals surface area contributed by atoms with Gasteiger partial charge < -0.3 is 14.2 Å². The maximum atomic E-state index is 12.6. The molecule has 302 valence electrons. The van der Waals surface area contributed by atoms with Gasteiger partial charge in [0, 0.05) is 19.3 Å². The van der Waals surface area contributed by atoms with Crippen molar-refractivity contribution in [2.45, 2.75) is 194 Å². The fourth-order valence-corrected chi connectivity index (χ4v) is 5.44. The SMILES string of the molecule is CC/C=C\C/C=C\CCCCC(=O)OC(COC(=O)CCC/C=C\C/C=C\C/C=C\CCCCCCCC)COC(=O)CCC/C=C\CCCCCC. The van der Waals surface area contributed by atoms with Crippen LogP contribution in [0.3, 0.4) is 0 Å². The van der Waals surface area contributed by atoms with Crippen molar-refractivity contribution in [1.82, 2.24) is 0 Å². The third-order valence-electron chi connectivity index (χ3n) is 8.66.